The number of anilines is 1. The molecule has 0 bridgehead atoms. The van der Waals surface area contributed by atoms with Gasteiger partial charge >= 0.3 is 6.18 Å². The number of nitrogens with one attached hydrogen (secondary N) is 1. The number of ether oxygens (including phenoxy) is 1. The molecule has 3 rings (SSSR count). The predicted molar refractivity (Wildman–Crippen MR) is 109 cm³/mol. The Kier molecular flexibility index (Phi) is 6.79. The van der Waals surface area contributed by atoms with Gasteiger partial charge in [-0.1, -0.05) is 0 Å². The molecule has 1 saturated heterocycles. The number of carbonyl (C=O) groups is 1. The lowest BCUT2D eigenvalue weighted by atomic mass is 10.1. The van der Waals surface area contributed by atoms with Crippen LogP contribution in [0.5, 0.6) is 5.75 Å². The molecule has 8 nitrogen and oxygen atoms in total. The van der Waals surface area contributed by atoms with Gasteiger partial charge in [-0.3, -0.25) is 9.48 Å². The van der Waals surface area contributed by atoms with E-state index in [2.05, 4.69) is 10.4 Å². The van der Waals surface area contributed by atoms with Gasteiger partial charge in [0.25, 0.3) is 5.91 Å². The van der Waals surface area contributed by atoms with Crippen LogP contribution in [0.1, 0.15) is 5.56 Å². The van der Waals surface area contributed by atoms with Crippen LogP contribution in [-0.2, 0) is 18.0 Å². The van der Waals surface area contributed by atoms with E-state index in [1.807, 2.05) is 0 Å². The number of nitrogens with two attached hydrogens (primary N) is 2. The second kappa shape index (κ2) is 9.38. The number of aromatic nitrogens is 2. The van der Waals surface area contributed by atoms with Gasteiger partial charge in [0.2, 0.25) is 0 Å². The largest absolute Gasteiger partial charge is 0.487 e. The Labute approximate surface area is 185 Å². The highest BCUT2D eigenvalue weighted by Crippen LogP contribution is 2.33. The summed E-state index contributed by atoms with van der Waals surface area (Å²) < 4.78 is 72.1. The van der Waals surface area contributed by atoms with Gasteiger partial charge < -0.3 is 26.4 Å². The van der Waals surface area contributed by atoms with Crippen molar-refractivity contribution in [2.45, 2.75) is 12.3 Å². The maximum atomic E-state index is 13.6. The molecule has 1 fully saturated rings. The van der Waals surface area contributed by atoms with E-state index in [0.29, 0.717) is 17.8 Å². The Balaban J connectivity index is 1.74. The Morgan fingerprint density at radius 3 is 2.58 bits per heavy atom. The fraction of sp³-hybridized carbons (Fsp3) is 0.300. The van der Waals surface area contributed by atoms with Crippen LogP contribution in [0, 0.1) is 5.82 Å². The summed E-state index contributed by atoms with van der Waals surface area (Å²) in [7, 11) is 1.65. The van der Waals surface area contributed by atoms with Crippen molar-refractivity contribution in [3.05, 3.63) is 65.1 Å². The Morgan fingerprint density at radius 2 is 2.00 bits per heavy atom. The minimum absolute atomic E-state index is 0.0874. The number of rotatable bonds is 7. The van der Waals surface area contributed by atoms with Gasteiger partial charge in [-0.15, -0.1) is 0 Å². The van der Waals surface area contributed by atoms with Crippen molar-refractivity contribution in [2.24, 2.45) is 18.5 Å². The van der Waals surface area contributed by atoms with E-state index in [0.717, 1.165) is 6.07 Å². The van der Waals surface area contributed by atoms with E-state index in [1.54, 1.807) is 7.05 Å². The van der Waals surface area contributed by atoms with Crippen LogP contribution in [0.4, 0.5) is 27.6 Å². The number of hydrogen-bond acceptors (Lipinski definition) is 6. The topological polar surface area (TPSA) is 111 Å². The quantitative estimate of drug-likeness (QED) is 0.324. The highest BCUT2D eigenvalue weighted by Gasteiger charge is 2.34. The molecular weight excluding hydrogens is 451 g/mol. The van der Waals surface area contributed by atoms with E-state index in [9.17, 15) is 26.7 Å². The third-order valence-corrected chi connectivity index (χ3v) is 4.65. The van der Waals surface area contributed by atoms with Crippen LogP contribution in [0.25, 0.3) is 0 Å². The zero-order valence-corrected chi connectivity index (χ0v) is 17.4. The molecule has 1 amide bonds. The number of likely N-dealkylation sites (tertiary alicyclic amines) is 1. The van der Waals surface area contributed by atoms with Gasteiger partial charge in [-0.2, -0.15) is 18.3 Å². The molecule has 0 atom stereocenters. The van der Waals surface area contributed by atoms with Crippen molar-refractivity contribution in [1.29, 1.82) is 0 Å². The minimum atomic E-state index is -4.73. The van der Waals surface area contributed by atoms with Crippen molar-refractivity contribution < 1.29 is 31.5 Å². The van der Waals surface area contributed by atoms with E-state index >= 15 is 0 Å². The minimum Gasteiger partial charge on any atom is -0.487 e. The zero-order valence-electron chi connectivity index (χ0n) is 17.4. The molecular formula is C20H21F5N6O2. The van der Waals surface area contributed by atoms with Crippen LogP contribution in [0.3, 0.4) is 0 Å². The highest BCUT2D eigenvalue weighted by atomic mass is 19.4. The highest BCUT2D eigenvalue weighted by molar-refractivity contribution is 6.03. The maximum Gasteiger partial charge on any atom is 0.416 e. The van der Waals surface area contributed by atoms with Gasteiger partial charge in [0.1, 0.15) is 30.0 Å². The van der Waals surface area contributed by atoms with Crippen molar-refractivity contribution in [3.8, 4) is 5.75 Å². The fourth-order valence-corrected chi connectivity index (χ4v) is 3.05. The number of hydrogen-bond donors (Lipinski definition) is 3. The molecule has 1 aromatic carbocycles. The average molecular weight is 472 g/mol. The summed E-state index contributed by atoms with van der Waals surface area (Å²) in [5.41, 5.74) is 10.4. The van der Waals surface area contributed by atoms with E-state index in [1.165, 1.54) is 28.1 Å². The van der Waals surface area contributed by atoms with Crippen molar-refractivity contribution >= 4 is 11.6 Å². The number of allylic oxidation sites excluding steroid dienone is 2. The summed E-state index contributed by atoms with van der Waals surface area (Å²) in [6.07, 6.45) is -1.22. The number of halogens is 5. The third kappa shape index (κ3) is 5.93. The zero-order chi connectivity index (χ0) is 24.3. The molecule has 0 saturated carbocycles. The molecule has 13 heteroatoms. The van der Waals surface area contributed by atoms with Gasteiger partial charge in [-0.05, 0) is 18.2 Å². The molecule has 178 valence electrons. The van der Waals surface area contributed by atoms with Crippen LogP contribution in [0.2, 0.25) is 0 Å². The summed E-state index contributed by atoms with van der Waals surface area (Å²) in [4.78, 5) is 14.1. The number of carbonyl (C=O) groups excluding carboxylic acids is 1. The standard InChI is InChI=1S/C20H21F5N6O2/c1-30-8-14(7-28-30)29-19(32)18(27)17(5-13(26)6-21)31-9-16(10-31)33-15-3-11(20(23,24)25)2-12(22)4-15/h2-5,7-8,16H,6,9-10,26-27H2,1H3,(H,29,32)/b13-5-,18-17+. The fourth-order valence-electron chi connectivity index (χ4n) is 3.05. The molecule has 2 heterocycles. The molecule has 2 aromatic rings. The molecule has 0 unspecified atom stereocenters. The lowest BCUT2D eigenvalue weighted by Crippen LogP contribution is -2.53. The second-order valence-electron chi connectivity index (χ2n) is 7.33. The summed E-state index contributed by atoms with van der Waals surface area (Å²) in [5.74, 6) is -2.07. The Bertz CT molecular complexity index is 1090. The SMILES string of the molecule is Cn1cc(NC(=O)/C(N)=C(/C=C(\N)CF)N2CC(Oc3cc(F)cc(C(F)(F)F)c3)C2)cn1. The summed E-state index contributed by atoms with van der Waals surface area (Å²) in [6.45, 7) is -0.813. The summed E-state index contributed by atoms with van der Waals surface area (Å²) in [5, 5.41) is 6.45. The second-order valence-corrected chi connectivity index (χ2v) is 7.33. The van der Waals surface area contributed by atoms with Gasteiger partial charge in [0, 0.05) is 25.0 Å². The summed E-state index contributed by atoms with van der Waals surface area (Å²) in [6, 6.07) is 1.90. The molecule has 1 aromatic heterocycles. The third-order valence-electron chi connectivity index (χ3n) is 4.65. The molecule has 0 radical (unpaired) electrons. The number of nitrogens with zero attached hydrogens (tertiary/aromatic N) is 3. The number of aryl methyl sites for hydroxylation is 1. The lowest BCUT2D eigenvalue weighted by Gasteiger charge is -2.41. The van der Waals surface area contributed by atoms with Gasteiger partial charge in [0.15, 0.2) is 0 Å². The monoisotopic (exact) mass is 472 g/mol. The van der Waals surface area contributed by atoms with Crippen LogP contribution >= 0.6 is 0 Å². The first-order valence-electron chi connectivity index (χ1n) is 9.57. The average Bonchev–Trinajstić information content (AvgIpc) is 3.11. The molecule has 1 aliphatic heterocycles. The van der Waals surface area contributed by atoms with Crippen LogP contribution < -0.4 is 21.5 Å². The number of alkyl halides is 4. The van der Waals surface area contributed by atoms with Crippen molar-refractivity contribution in [1.82, 2.24) is 14.7 Å². The molecule has 1 aliphatic rings. The number of benzene rings is 1. The number of amides is 1. The lowest BCUT2D eigenvalue weighted by molar-refractivity contribution is -0.138. The van der Waals surface area contributed by atoms with Crippen LogP contribution in [-0.4, -0.2) is 46.5 Å². The van der Waals surface area contributed by atoms with E-state index in [4.69, 9.17) is 16.2 Å². The molecule has 0 spiro atoms. The first-order valence-corrected chi connectivity index (χ1v) is 9.57. The smallest absolute Gasteiger partial charge is 0.416 e. The predicted octanol–water partition coefficient (Wildman–Crippen LogP) is 2.26. The van der Waals surface area contributed by atoms with Crippen molar-refractivity contribution in [3.63, 3.8) is 0 Å². The van der Waals surface area contributed by atoms with Crippen LogP contribution in [0.15, 0.2) is 53.8 Å². The maximum absolute atomic E-state index is 13.6. The van der Waals surface area contributed by atoms with Gasteiger partial charge in [0.05, 0.1) is 36.2 Å². The first-order chi connectivity index (χ1) is 15.5. The molecule has 5 N–H and O–H groups in total. The van der Waals surface area contributed by atoms with Gasteiger partial charge in [-0.25, -0.2) is 8.78 Å². The Morgan fingerprint density at radius 1 is 1.30 bits per heavy atom. The molecule has 0 aliphatic carbocycles. The Hall–Kier alpha value is -3.77. The first kappa shape index (κ1) is 23.9. The van der Waals surface area contributed by atoms with E-state index < -0.39 is 36.2 Å². The summed E-state index contributed by atoms with van der Waals surface area (Å²) >= 11 is 0. The van der Waals surface area contributed by atoms with E-state index in [-0.39, 0.29) is 35.9 Å². The normalized spacial score (nSPS) is 15.7. The van der Waals surface area contributed by atoms with Crippen molar-refractivity contribution in [2.75, 3.05) is 25.1 Å². The molecule has 33 heavy (non-hydrogen) atoms.